The molecule has 4 rings (SSSR count). The fourth-order valence-corrected chi connectivity index (χ4v) is 6.82. The van der Waals surface area contributed by atoms with E-state index in [4.69, 9.17) is 4.74 Å². The van der Waals surface area contributed by atoms with Gasteiger partial charge in [0.1, 0.15) is 0 Å². The Morgan fingerprint density at radius 3 is 2.56 bits per heavy atom. The Morgan fingerprint density at radius 2 is 1.84 bits per heavy atom. The van der Waals surface area contributed by atoms with E-state index in [1.807, 2.05) is 6.92 Å². The van der Waals surface area contributed by atoms with Crippen molar-refractivity contribution in [1.82, 2.24) is 0 Å². The van der Waals surface area contributed by atoms with Crippen LogP contribution in [0.1, 0.15) is 65.7 Å². The second kappa shape index (κ2) is 5.52. The van der Waals surface area contributed by atoms with Crippen LogP contribution < -0.4 is 0 Å². The molecule has 0 radical (unpaired) electrons. The van der Waals surface area contributed by atoms with Gasteiger partial charge in [-0.1, -0.05) is 20.3 Å². The molecular formula is C21H28O4. The summed E-state index contributed by atoms with van der Waals surface area (Å²) in [6.07, 6.45) is 9.91. The van der Waals surface area contributed by atoms with Crippen LogP contribution in [0.25, 0.3) is 0 Å². The average molecular weight is 344 g/mol. The first-order chi connectivity index (χ1) is 11.8. The highest BCUT2D eigenvalue weighted by Gasteiger charge is 2.61. The molecule has 4 aliphatic carbocycles. The number of esters is 1. The molecule has 3 fully saturated rings. The van der Waals surface area contributed by atoms with E-state index in [0.717, 1.165) is 19.3 Å². The number of Topliss-reactive ketones (excluding diaryl/α,β-unsaturated/α-hetero) is 2. The van der Waals surface area contributed by atoms with Crippen molar-refractivity contribution in [3.05, 3.63) is 11.8 Å². The van der Waals surface area contributed by atoms with Crippen LogP contribution >= 0.6 is 0 Å². The second-order valence-corrected chi connectivity index (χ2v) is 9.21. The van der Waals surface area contributed by atoms with Crippen LogP contribution in [0.5, 0.6) is 0 Å². The van der Waals surface area contributed by atoms with Crippen LogP contribution in [0.3, 0.4) is 0 Å². The lowest BCUT2D eigenvalue weighted by Gasteiger charge is -2.57. The molecule has 136 valence electrons. The van der Waals surface area contributed by atoms with Gasteiger partial charge in [0.25, 0.3) is 5.78 Å². The summed E-state index contributed by atoms with van der Waals surface area (Å²) in [6, 6.07) is 0. The van der Waals surface area contributed by atoms with Gasteiger partial charge in [0.2, 0.25) is 5.78 Å². The summed E-state index contributed by atoms with van der Waals surface area (Å²) in [6.45, 7) is 5.71. The molecule has 0 spiro atoms. The predicted octanol–water partition coefficient (Wildman–Crippen LogP) is 3.83. The van der Waals surface area contributed by atoms with Crippen LogP contribution in [0.2, 0.25) is 0 Å². The normalized spacial score (nSPS) is 46.0. The highest BCUT2D eigenvalue weighted by molar-refractivity contribution is 6.45. The first kappa shape index (κ1) is 17.0. The van der Waals surface area contributed by atoms with E-state index in [0.29, 0.717) is 17.3 Å². The molecule has 4 aliphatic rings. The van der Waals surface area contributed by atoms with Gasteiger partial charge in [-0.3, -0.25) is 14.4 Å². The topological polar surface area (TPSA) is 60.4 Å². The number of carbonyl (C=O) groups is 3. The quantitative estimate of drug-likeness (QED) is 0.536. The molecule has 0 aromatic carbocycles. The van der Waals surface area contributed by atoms with E-state index < -0.39 is 17.2 Å². The Kier molecular flexibility index (Phi) is 3.75. The van der Waals surface area contributed by atoms with Gasteiger partial charge in [-0.15, -0.1) is 0 Å². The van der Waals surface area contributed by atoms with E-state index in [-0.39, 0.29) is 23.4 Å². The molecule has 0 amide bonds. The van der Waals surface area contributed by atoms with Crippen LogP contribution in [0, 0.1) is 34.5 Å². The zero-order valence-electron chi connectivity index (χ0n) is 15.5. The number of ketones is 2. The lowest BCUT2D eigenvalue weighted by atomic mass is 9.46. The highest BCUT2D eigenvalue weighted by Crippen LogP contribution is 2.64. The van der Waals surface area contributed by atoms with E-state index >= 15 is 0 Å². The Labute approximate surface area is 149 Å². The summed E-state index contributed by atoms with van der Waals surface area (Å²) in [5.41, 5.74) is -0.182. The standard InChI is InChI=1S/C21H28O4/c1-12(22)25-17-11-13-6-7-14-15-5-4-9-20(15,2)10-8-16(14)21(13,3)19(24)18(17)23/h11,13-16H,4-10H2,1-3H3/t13?,14-,15-,16-,20-,21-/m0/s1. The second-order valence-electron chi connectivity index (χ2n) is 9.21. The van der Waals surface area contributed by atoms with E-state index in [1.54, 1.807) is 6.08 Å². The Hall–Kier alpha value is -1.45. The van der Waals surface area contributed by atoms with Gasteiger partial charge < -0.3 is 4.74 Å². The molecule has 0 N–H and O–H groups in total. The summed E-state index contributed by atoms with van der Waals surface area (Å²) >= 11 is 0. The summed E-state index contributed by atoms with van der Waals surface area (Å²) in [5.74, 6) is 0.0488. The summed E-state index contributed by atoms with van der Waals surface area (Å²) < 4.78 is 5.04. The van der Waals surface area contributed by atoms with Crippen molar-refractivity contribution in [3.8, 4) is 0 Å². The Bertz CT molecular complexity index is 677. The van der Waals surface area contributed by atoms with Crippen molar-refractivity contribution in [3.63, 3.8) is 0 Å². The van der Waals surface area contributed by atoms with Crippen molar-refractivity contribution in [1.29, 1.82) is 0 Å². The van der Waals surface area contributed by atoms with Crippen molar-refractivity contribution in [2.75, 3.05) is 0 Å². The van der Waals surface area contributed by atoms with Gasteiger partial charge in [-0.2, -0.15) is 0 Å². The molecule has 0 aromatic heterocycles. The van der Waals surface area contributed by atoms with Crippen molar-refractivity contribution >= 4 is 17.5 Å². The van der Waals surface area contributed by atoms with Crippen molar-refractivity contribution in [2.24, 2.45) is 34.5 Å². The molecule has 4 nitrogen and oxygen atoms in total. The summed E-state index contributed by atoms with van der Waals surface area (Å²) in [4.78, 5) is 37.0. The number of rotatable bonds is 1. The molecule has 6 atom stereocenters. The average Bonchev–Trinajstić information content (AvgIpc) is 2.95. The molecule has 1 unspecified atom stereocenters. The summed E-state index contributed by atoms with van der Waals surface area (Å²) in [7, 11) is 0. The van der Waals surface area contributed by atoms with Gasteiger partial charge in [-0.25, -0.2) is 0 Å². The lowest BCUT2D eigenvalue weighted by Crippen LogP contribution is -2.57. The van der Waals surface area contributed by atoms with Crippen molar-refractivity contribution < 1.29 is 19.1 Å². The van der Waals surface area contributed by atoms with Crippen LogP contribution in [-0.4, -0.2) is 17.5 Å². The fourth-order valence-electron chi connectivity index (χ4n) is 6.82. The number of fused-ring (bicyclic) bond motifs is 5. The first-order valence-electron chi connectivity index (χ1n) is 9.77. The molecule has 0 heterocycles. The van der Waals surface area contributed by atoms with E-state index in [9.17, 15) is 14.4 Å². The predicted molar refractivity (Wildman–Crippen MR) is 92.4 cm³/mol. The number of carbonyl (C=O) groups excluding carboxylic acids is 3. The highest BCUT2D eigenvalue weighted by atomic mass is 16.5. The largest absolute Gasteiger partial charge is 0.423 e. The minimum Gasteiger partial charge on any atom is -0.423 e. The zero-order valence-corrected chi connectivity index (χ0v) is 15.5. The lowest BCUT2D eigenvalue weighted by molar-refractivity contribution is -0.158. The maximum Gasteiger partial charge on any atom is 0.308 e. The molecule has 3 saturated carbocycles. The van der Waals surface area contributed by atoms with Gasteiger partial charge in [-0.05, 0) is 73.7 Å². The van der Waals surface area contributed by atoms with E-state index in [1.165, 1.54) is 32.6 Å². The molecule has 0 bridgehead atoms. The van der Waals surface area contributed by atoms with Gasteiger partial charge in [0.05, 0.1) is 0 Å². The van der Waals surface area contributed by atoms with Crippen LogP contribution in [0.4, 0.5) is 0 Å². The maximum atomic E-state index is 13.1. The molecule has 25 heavy (non-hydrogen) atoms. The zero-order chi connectivity index (χ0) is 18.0. The molecule has 0 aliphatic heterocycles. The smallest absolute Gasteiger partial charge is 0.308 e. The number of allylic oxidation sites excluding steroid dienone is 2. The Morgan fingerprint density at radius 1 is 1.08 bits per heavy atom. The monoisotopic (exact) mass is 344 g/mol. The minimum absolute atomic E-state index is 0.0130. The van der Waals surface area contributed by atoms with Crippen molar-refractivity contribution in [2.45, 2.75) is 65.7 Å². The SMILES string of the molecule is CC(=O)OC1=CC2CC[C@H]3[C@@H]4CCC[C@@]4(C)CC[C@@H]3[C@@]2(C)C(=O)C1=O. The molecule has 0 aromatic rings. The number of ether oxygens (including phenoxy) is 1. The summed E-state index contributed by atoms with van der Waals surface area (Å²) in [5, 5.41) is 0. The molecule has 4 heteroatoms. The van der Waals surface area contributed by atoms with E-state index in [2.05, 4.69) is 6.92 Å². The molecular weight excluding hydrogens is 316 g/mol. The third-order valence-electron chi connectivity index (χ3n) is 8.10. The Balaban J connectivity index is 1.70. The first-order valence-corrected chi connectivity index (χ1v) is 9.77. The third kappa shape index (κ3) is 2.29. The third-order valence-corrected chi connectivity index (χ3v) is 8.10. The van der Waals surface area contributed by atoms with Crippen LogP contribution in [-0.2, 0) is 19.1 Å². The van der Waals surface area contributed by atoms with Gasteiger partial charge >= 0.3 is 5.97 Å². The maximum absolute atomic E-state index is 13.1. The fraction of sp³-hybridized carbons (Fsp3) is 0.762. The molecule has 0 saturated heterocycles. The van der Waals surface area contributed by atoms with Crippen LogP contribution in [0.15, 0.2) is 11.8 Å². The minimum atomic E-state index is -0.617. The van der Waals surface area contributed by atoms with Gasteiger partial charge in [0, 0.05) is 12.3 Å². The number of hydrogen-bond acceptors (Lipinski definition) is 4. The van der Waals surface area contributed by atoms with Gasteiger partial charge in [0.15, 0.2) is 5.76 Å². The number of hydrogen-bond donors (Lipinski definition) is 0.